The number of hydrogen-bond donors (Lipinski definition) is 2. The van der Waals surface area contributed by atoms with Gasteiger partial charge in [-0.25, -0.2) is 0 Å². The van der Waals surface area contributed by atoms with E-state index in [1.165, 1.54) is 48.4 Å². The summed E-state index contributed by atoms with van der Waals surface area (Å²) in [7, 11) is 1.49. The summed E-state index contributed by atoms with van der Waals surface area (Å²) in [6, 6.07) is 15.5. The van der Waals surface area contributed by atoms with Gasteiger partial charge in [-0.2, -0.15) is 0 Å². The van der Waals surface area contributed by atoms with E-state index in [0.29, 0.717) is 16.9 Å². The maximum Gasteiger partial charge on any atom is 0.295 e. The number of aliphatic hydroxyl groups is 1. The number of benzene rings is 3. The first-order chi connectivity index (χ1) is 17.8. The molecule has 0 saturated carbocycles. The van der Waals surface area contributed by atoms with Crippen LogP contribution in [0.5, 0.6) is 17.2 Å². The molecule has 0 aromatic heterocycles. The van der Waals surface area contributed by atoms with Crippen LogP contribution in [0.1, 0.15) is 29.7 Å². The quantitative estimate of drug-likeness (QED) is 0.152. The predicted molar refractivity (Wildman–Crippen MR) is 133 cm³/mol. The van der Waals surface area contributed by atoms with Gasteiger partial charge in [-0.05, 0) is 30.7 Å². The Hall–Kier alpha value is -4.86. The van der Waals surface area contributed by atoms with Crippen LogP contribution in [0.15, 0.2) is 72.3 Å². The Morgan fingerprint density at radius 1 is 1.05 bits per heavy atom. The number of amides is 1. The molecule has 1 heterocycles. The molecule has 1 aliphatic heterocycles. The maximum absolute atomic E-state index is 13.3. The van der Waals surface area contributed by atoms with Crippen LogP contribution in [-0.4, -0.2) is 45.4 Å². The van der Waals surface area contributed by atoms with Crippen LogP contribution in [0, 0.1) is 10.1 Å². The fraction of sp³-hybridized carbons (Fsp3) is 0.185. The zero-order valence-corrected chi connectivity index (χ0v) is 20.1. The number of phenols is 1. The monoisotopic (exact) mass is 504 g/mol. The van der Waals surface area contributed by atoms with Crippen molar-refractivity contribution in [1.29, 1.82) is 0 Å². The number of nitrogens with zero attached hydrogens (tertiary/aromatic N) is 2. The third kappa shape index (κ3) is 4.81. The summed E-state index contributed by atoms with van der Waals surface area (Å²) in [6.07, 6.45) is 0. The average molecular weight is 504 g/mol. The molecule has 3 aromatic carbocycles. The van der Waals surface area contributed by atoms with E-state index in [-0.39, 0.29) is 41.5 Å². The number of phenolic OH excluding ortho intramolecular Hbond substituents is 1. The number of ketones is 1. The van der Waals surface area contributed by atoms with E-state index in [1.54, 1.807) is 31.2 Å². The molecule has 10 nitrogen and oxygen atoms in total. The lowest BCUT2D eigenvalue weighted by Crippen LogP contribution is -2.29. The van der Waals surface area contributed by atoms with Crippen LogP contribution in [-0.2, 0) is 16.1 Å². The van der Waals surface area contributed by atoms with Gasteiger partial charge in [-0.15, -0.1) is 0 Å². The lowest BCUT2D eigenvalue weighted by molar-refractivity contribution is -0.384. The van der Waals surface area contributed by atoms with Crippen LogP contribution < -0.4 is 9.47 Å². The highest BCUT2D eigenvalue weighted by Gasteiger charge is 2.46. The fourth-order valence-corrected chi connectivity index (χ4v) is 4.30. The van der Waals surface area contributed by atoms with Gasteiger partial charge in [0.25, 0.3) is 17.4 Å². The maximum atomic E-state index is 13.3. The van der Waals surface area contributed by atoms with Crippen molar-refractivity contribution in [2.45, 2.75) is 19.5 Å². The van der Waals surface area contributed by atoms with Gasteiger partial charge in [0, 0.05) is 23.3 Å². The van der Waals surface area contributed by atoms with Crippen LogP contribution in [0.25, 0.3) is 5.76 Å². The smallest absolute Gasteiger partial charge is 0.295 e. The Bertz CT molecular complexity index is 1420. The molecule has 0 bridgehead atoms. The molecule has 1 atom stereocenters. The summed E-state index contributed by atoms with van der Waals surface area (Å²) in [6.45, 7) is 1.96. The van der Waals surface area contributed by atoms with Crippen molar-refractivity contribution in [3.63, 3.8) is 0 Å². The number of carbonyl (C=O) groups is 2. The third-order valence-electron chi connectivity index (χ3n) is 6.00. The number of aromatic hydroxyl groups is 1. The van der Waals surface area contributed by atoms with Crippen molar-refractivity contribution in [3.05, 3.63) is 99.1 Å². The SMILES string of the molecule is CCOc1cc(C2/C(=C(\O)c3cccc([N+](=O)[O-])c3)C(=O)C(=O)N2Cc2ccccc2OC)ccc1O. The second kappa shape index (κ2) is 10.4. The second-order valence-electron chi connectivity index (χ2n) is 8.21. The number of nitro benzene ring substituents is 1. The lowest BCUT2D eigenvalue weighted by atomic mass is 9.94. The minimum Gasteiger partial charge on any atom is -0.507 e. The van der Waals surface area contributed by atoms with Crippen LogP contribution in [0.3, 0.4) is 0 Å². The van der Waals surface area contributed by atoms with E-state index in [2.05, 4.69) is 0 Å². The van der Waals surface area contributed by atoms with Crippen molar-refractivity contribution in [3.8, 4) is 17.2 Å². The highest BCUT2D eigenvalue weighted by molar-refractivity contribution is 6.46. The fourth-order valence-electron chi connectivity index (χ4n) is 4.30. The Labute approximate surface area is 212 Å². The zero-order chi connectivity index (χ0) is 26.7. The summed E-state index contributed by atoms with van der Waals surface area (Å²) in [5.74, 6) is -1.86. The molecule has 1 aliphatic rings. The van der Waals surface area contributed by atoms with Gasteiger partial charge in [-0.3, -0.25) is 19.7 Å². The number of non-ortho nitro benzene ring substituents is 1. The lowest BCUT2D eigenvalue weighted by Gasteiger charge is -2.26. The zero-order valence-electron chi connectivity index (χ0n) is 20.1. The standard InChI is InChI=1S/C27H24N2O8/c1-3-37-22-14-16(11-12-20(22)30)24-23(25(31)17-8-6-9-19(13-17)29(34)35)26(32)27(33)28(24)15-18-7-4-5-10-21(18)36-2/h4-14,24,30-31H,3,15H2,1-2H3/b25-23+. The number of Topliss-reactive ketones (excluding diaryl/α,β-unsaturated/α-hetero) is 1. The Morgan fingerprint density at radius 2 is 1.81 bits per heavy atom. The Morgan fingerprint density at radius 3 is 2.51 bits per heavy atom. The normalized spacial score (nSPS) is 16.6. The van der Waals surface area contributed by atoms with Crippen LogP contribution >= 0.6 is 0 Å². The third-order valence-corrected chi connectivity index (χ3v) is 6.00. The van der Waals surface area contributed by atoms with Crippen molar-refractivity contribution in [2.75, 3.05) is 13.7 Å². The van der Waals surface area contributed by atoms with Crippen LogP contribution in [0.4, 0.5) is 5.69 Å². The van der Waals surface area contributed by atoms with Gasteiger partial charge in [0.15, 0.2) is 11.5 Å². The second-order valence-corrected chi connectivity index (χ2v) is 8.21. The number of nitro groups is 1. The van der Waals surface area contributed by atoms with Crippen molar-refractivity contribution >= 4 is 23.1 Å². The summed E-state index contributed by atoms with van der Waals surface area (Å²) >= 11 is 0. The molecule has 10 heteroatoms. The van der Waals surface area contributed by atoms with Gasteiger partial charge in [-0.1, -0.05) is 36.4 Å². The minimum absolute atomic E-state index is 0.0123. The number of rotatable bonds is 8. The van der Waals surface area contributed by atoms with Crippen molar-refractivity contribution in [2.24, 2.45) is 0 Å². The molecule has 1 unspecified atom stereocenters. The number of ether oxygens (including phenoxy) is 2. The molecule has 1 amide bonds. The summed E-state index contributed by atoms with van der Waals surface area (Å²) < 4.78 is 10.9. The van der Waals surface area contributed by atoms with Crippen molar-refractivity contribution in [1.82, 2.24) is 4.90 Å². The van der Waals surface area contributed by atoms with Gasteiger partial charge in [0.2, 0.25) is 0 Å². The van der Waals surface area contributed by atoms with Crippen molar-refractivity contribution < 1.29 is 34.2 Å². The number of hydrogen-bond acceptors (Lipinski definition) is 8. The van der Waals surface area contributed by atoms with Gasteiger partial charge in [0.05, 0.1) is 36.8 Å². The predicted octanol–water partition coefficient (Wildman–Crippen LogP) is 4.33. The largest absolute Gasteiger partial charge is 0.507 e. The van der Waals surface area contributed by atoms with Gasteiger partial charge < -0.3 is 24.6 Å². The summed E-state index contributed by atoms with van der Waals surface area (Å²) in [4.78, 5) is 38.5. The van der Waals surface area contributed by atoms with E-state index in [4.69, 9.17) is 9.47 Å². The number of aliphatic hydroxyl groups excluding tert-OH is 1. The molecule has 4 rings (SSSR count). The molecule has 37 heavy (non-hydrogen) atoms. The molecular formula is C27H24N2O8. The summed E-state index contributed by atoms with van der Waals surface area (Å²) in [5.41, 5.74) is 0.498. The molecule has 0 spiro atoms. The minimum atomic E-state index is -1.08. The molecule has 3 aromatic rings. The average Bonchev–Trinajstić information content (AvgIpc) is 3.15. The van der Waals surface area contributed by atoms with Gasteiger partial charge >= 0.3 is 0 Å². The number of carbonyl (C=O) groups excluding carboxylic acids is 2. The molecule has 190 valence electrons. The first-order valence-electron chi connectivity index (χ1n) is 11.4. The molecule has 0 radical (unpaired) electrons. The number of methoxy groups -OCH3 is 1. The molecular weight excluding hydrogens is 480 g/mol. The highest BCUT2D eigenvalue weighted by Crippen LogP contribution is 2.43. The van der Waals surface area contributed by atoms with E-state index in [9.17, 15) is 29.9 Å². The molecule has 2 N–H and O–H groups in total. The van der Waals surface area contributed by atoms with E-state index in [1.807, 2.05) is 0 Å². The first-order valence-corrected chi connectivity index (χ1v) is 11.4. The number of para-hydroxylation sites is 1. The Balaban J connectivity index is 1.91. The highest BCUT2D eigenvalue weighted by atomic mass is 16.6. The topological polar surface area (TPSA) is 139 Å². The van der Waals surface area contributed by atoms with Crippen LogP contribution in [0.2, 0.25) is 0 Å². The first kappa shape index (κ1) is 25.2. The molecule has 1 saturated heterocycles. The van der Waals surface area contributed by atoms with E-state index < -0.39 is 28.4 Å². The van der Waals surface area contributed by atoms with E-state index >= 15 is 0 Å². The number of likely N-dealkylation sites (tertiary alicyclic amines) is 1. The molecule has 1 fully saturated rings. The van der Waals surface area contributed by atoms with Gasteiger partial charge in [0.1, 0.15) is 11.5 Å². The van der Waals surface area contributed by atoms with E-state index in [0.717, 1.165) is 6.07 Å². The Kier molecular flexibility index (Phi) is 7.10. The summed E-state index contributed by atoms with van der Waals surface area (Å²) in [5, 5.41) is 32.7. The molecule has 0 aliphatic carbocycles.